The summed E-state index contributed by atoms with van der Waals surface area (Å²) in [7, 11) is 1.48. The molecule has 1 atom stereocenters. The highest BCUT2D eigenvalue weighted by molar-refractivity contribution is 5.94. The van der Waals surface area contributed by atoms with Gasteiger partial charge < -0.3 is 10.1 Å². The molecule has 0 fully saturated rings. The van der Waals surface area contributed by atoms with Crippen LogP contribution in [0.1, 0.15) is 23.7 Å². The van der Waals surface area contributed by atoms with Crippen LogP contribution in [0.25, 0.3) is 0 Å². The third-order valence-electron chi connectivity index (χ3n) is 2.44. The summed E-state index contributed by atoms with van der Waals surface area (Å²) in [4.78, 5) is 11.7. The maximum Gasteiger partial charge on any atom is 0.251 e. The zero-order valence-electron chi connectivity index (χ0n) is 10.1. The molecule has 0 aliphatic carbocycles. The van der Waals surface area contributed by atoms with E-state index in [0.29, 0.717) is 18.6 Å². The van der Waals surface area contributed by atoms with Crippen molar-refractivity contribution in [3.63, 3.8) is 0 Å². The Morgan fingerprint density at radius 2 is 1.89 bits per heavy atom. The van der Waals surface area contributed by atoms with E-state index in [9.17, 15) is 18.0 Å². The van der Waals surface area contributed by atoms with Crippen molar-refractivity contribution in [1.29, 1.82) is 0 Å². The SMILES string of the molecule is CCC(COC)NC(=O)c1cc(F)c(F)c(F)c1. The fraction of sp³-hybridized carbons (Fsp3) is 0.417. The van der Waals surface area contributed by atoms with Gasteiger partial charge in [0, 0.05) is 12.7 Å². The lowest BCUT2D eigenvalue weighted by Gasteiger charge is -2.16. The van der Waals surface area contributed by atoms with Gasteiger partial charge >= 0.3 is 0 Å². The van der Waals surface area contributed by atoms with E-state index in [-0.39, 0.29) is 18.2 Å². The number of methoxy groups -OCH3 is 1. The Bertz CT molecular complexity index is 414. The molecule has 1 N–H and O–H groups in total. The number of carbonyl (C=O) groups excluding carboxylic acids is 1. The van der Waals surface area contributed by atoms with Crippen LogP contribution in [0, 0.1) is 17.5 Å². The van der Waals surface area contributed by atoms with Crippen molar-refractivity contribution in [3.8, 4) is 0 Å². The number of nitrogens with one attached hydrogen (secondary N) is 1. The van der Waals surface area contributed by atoms with E-state index in [2.05, 4.69) is 5.32 Å². The van der Waals surface area contributed by atoms with Gasteiger partial charge in [0.2, 0.25) is 0 Å². The molecule has 0 aliphatic rings. The van der Waals surface area contributed by atoms with Gasteiger partial charge in [-0.05, 0) is 18.6 Å². The molecule has 0 aliphatic heterocycles. The van der Waals surface area contributed by atoms with E-state index in [1.807, 2.05) is 6.92 Å². The average molecular weight is 261 g/mol. The van der Waals surface area contributed by atoms with Crippen molar-refractivity contribution in [3.05, 3.63) is 35.1 Å². The second kappa shape index (κ2) is 6.39. The maximum absolute atomic E-state index is 12.9. The van der Waals surface area contributed by atoms with E-state index in [1.165, 1.54) is 7.11 Å². The molecule has 1 amide bonds. The lowest BCUT2D eigenvalue weighted by atomic mass is 10.1. The van der Waals surface area contributed by atoms with Gasteiger partial charge in [0.1, 0.15) is 0 Å². The number of halogens is 3. The number of hydrogen-bond acceptors (Lipinski definition) is 2. The maximum atomic E-state index is 12.9. The van der Waals surface area contributed by atoms with Gasteiger partial charge in [-0.1, -0.05) is 6.92 Å². The van der Waals surface area contributed by atoms with Crippen LogP contribution in [0.4, 0.5) is 13.2 Å². The zero-order chi connectivity index (χ0) is 13.7. The Hall–Kier alpha value is -1.56. The average Bonchev–Trinajstić information content (AvgIpc) is 2.34. The fourth-order valence-corrected chi connectivity index (χ4v) is 1.42. The first kappa shape index (κ1) is 14.5. The number of amides is 1. The molecule has 0 saturated carbocycles. The minimum atomic E-state index is -1.59. The predicted molar refractivity (Wildman–Crippen MR) is 59.7 cm³/mol. The third-order valence-corrected chi connectivity index (χ3v) is 2.44. The summed E-state index contributed by atoms with van der Waals surface area (Å²) in [5.41, 5.74) is -0.263. The van der Waals surface area contributed by atoms with Crippen molar-refractivity contribution < 1.29 is 22.7 Å². The van der Waals surface area contributed by atoms with Gasteiger partial charge in [0.25, 0.3) is 5.91 Å². The van der Waals surface area contributed by atoms with Gasteiger partial charge in [-0.3, -0.25) is 4.79 Å². The molecule has 0 spiro atoms. The molecule has 0 saturated heterocycles. The highest BCUT2D eigenvalue weighted by Crippen LogP contribution is 2.13. The lowest BCUT2D eigenvalue weighted by molar-refractivity contribution is 0.0893. The van der Waals surface area contributed by atoms with Gasteiger partial charge in [-0.25, -0.2) is 13.2 Å². The quantitative estimate of drug-likeness (QED) is 0.826. The number of carbonyl (C=O) groups is 1. The number of rotatable bonds is 5. The summed E-state index contributed by atoms with van der Waals surface area (Å²) in [6, 6.07) is 1.05. The molecule has 1 rings (SSSR count). The summed E-state index contributed by atoms with van der Waals surface area (Å²) in [5.74, 6) is -5.04. The van der Waals surface area contributed by atoms with Crippen LogP contribution < -0.4 is 5.32 Å². The molecule has 3 nitrogen and oxygen atoms in total. The van der Waals surface area contributed by atoms with Crippen molar-refractivity contribution in [1.82, 2.24) is 5.32 Å². The first-order valence-corrected chi connectivity index (χ1v) is 5.43. The summed E-state index contributed by atoms with van der Waals surface area (Å²) in [6.45, 7) is 2.12. The molecule has 0 bridgehead atoms. The van der Waals surface area contributed by atoms with Crippen molar-refractivity contribution in [2.45, 2.75) is 19.4 Å². The predicted octanol–water partition coefficient (Wildman–Crippen LogP) is 2.26. The molecule has 6 heteroatoms. The Labute approximate surface area is 103 Å². The molecule has 1 unspecified atom stereocenters. The summed E-state index contributed by atoms with van der Waals surface area (Å²) in [6.07, 6.45) is 0.603. The van der Waals surface area contributed by atoms with Crippen LogP contribution in [0.5, 0.6) is 0 Å². The van der Waals surface area contributed by atoms with Crippen LogP contribution in [-0.2, 0) is 4.74 Å². The van der Waals surface area contributed by atoms with Gasteiger partial charge in [0.05, 0.1) is 12.6 Å². The van der Waals surface area contributed by atoms with E-state index >= 15 is 0 Å². The molecule has 1 aromatic rings. The van der Waals surface area contributed by atoms with Crippen LogP contribution >= 0.6 is 0 Å². The largest absolute Gasteiger partial charge is 0.383 e. The second-order valence-electron chi connectivity index (χ2n) is 3.79. The van der Waals surface area contributed by atoms with Crippen molar-refractivity contribution >= 4 is 5.91 Å². The van der Waals surface area contributed by atoms with Gasteiger partial charge in [-0.15, -0.1) is 0 Å². The second-order valence-corrected chi connectivity index (χ2v) is 3.79. The fourth-order valence-electron chi connectivity index (χ4n) is 1.42. The molecule has 0 aromatic heterocycles. The summed E-state index contributed by atoms with van der Waals surface area (Å²) >= 11 is 0. The minimum absolute atomic E-state index is 0.263. The van der Waals surface area contributed by atoms with Crippen molar-refractivity contribution in [2.24, 2.45) is 0 Å². The molecule has 0 radical (unpaired) electrons. The standard InChI is InChI=1S/C12H14F3NO2/c1-3-8(6-18-2)16-12(17)7-4-9(13)11(15)10(14)5-7/h4-5,8H,3,6H2,1-2H3,(H,16,17). The Morgan fingerprint density at radius 1 is 1.33 bits per heavy atom. The lowest BCUT2D eigenvalue weighted by Crippen LogP contribution is -2.37. The van der Waals surface area contributed by atoms with E-state index < -0.39 is 23.4 Å². The number of ether oxygens (including phenoxy) is 1. The van der Waals surface area contributed by atoms with E-state index in [1.54, 1.807) is 0 Å². The third kappa shape index (κ3) is 3.46. The monoisotopic (exact) mass is 261 g/mol. The normalized spacial score (nSPS) is 12.3. The minimum Gasteiger partial charge on any atom is -0.383 e. The highest BCUT2D eigenvalue weighted by atomic mass is 19.2. The molecular formula is C12H14F3NO2. The molecule has 0 heterocycles. The van der Waals surface area contributed by atoms with E-state index in [0.717, 1.165) is 0 Å². The molecule has 18 heavy (non-hydrogen) atoms. The van der Waals surface area contributed by atoms with E-state index in [4.69, 9.17) is 4.74 Å². The number of benzene rings is 1. The van der Waals surface area contributed by atoms with Gasteiger partial charge in [-0.2, -0.15) is 0 Å². The summed E-state index contributed by atoms with van der Waals surface area (Å²) < 4.78 is 43.5. The smallest absolute Gasteiger partial charge is 0.251 e. The van der Waals surface area contributed by atoms with Crippen LogP contribution in [-0.4, -0.2) is 25.7 Å². The van der Waals surface area contributed by atoms with Crippen molar-refractivity contribution in [2.75, 3.05) is 13.7 Å². The Kier molecular flexibility index (Phi) is 5.15. The Morgan fingerprint density at radius 3 is 2.33 bits per heavy atom. The zero-order valence-corrected chi connectivity index (χ0v) is 10.1. The topological polar surface area (TPSA) is 38.3 Å². The number of hydrogen-bond donors (Lipinski definition) is 1. The van der Waals surface area contributed by atoms with Gasteiger partial charge in [0.15, 0.2) is 17.5 Å². The Balaban J connectivity index is 2.84. The molecule has 1 aromatic carbocycles. The highest BCUT2D eigenvalue weighted by Gasteiger charge is 2.17. The molecule has 100 valence electrons. The van der Waals surface area contributed by atoms with Crippen LogP contribution in [0.2, 0.25) is 0 Å². The van der Waals surface area contributed by atoms with Crippen LogP contribution in [0.3, 0.4) is 0 Å². The first-order valence-electron chi connectivity index (χ1n) is 5.43. The first-order chi connectivity index (χ1) is 8.49. The van der Waals surface area contributed by atoms with Crippen LogP contribution in [0.15, 0.2) is 12.1 Å². The molecular weight excluding hydrogens is 247 g/mol. The summed E-state index contributed by atoms with van der Waals surface area (Å²) in [5, 5.41) is 2.54.